The fourth-order valence-corrected chi connectivity index (χ4v) is 2.02. The van der Waals surface area contributed by atoms with Crippen LogP contribution in [0.2, 0.25) is 0 Å². The molecule has 16 heavy (non-hydrogen) atoms. The van der Waals surface area contributed by atoms with Gasteiger partial charge in [0.15, 0.2) is 0 Å². The van der Waals surface area contributed by atoms with Crippen LogP contribution >= 0.6 is 15.9 Å². The Morgan fingerprint density at radius 1 is 1.44 bits per heavy atom. The average molecular weight is 284 g/mol. The maximum Gasteiger partial charge on any atom is 0.124 e. The first-order chi connectivity index (χ1) is 7.67. The van der Waals surface area contributed by atoms with Gasteiger partial charge < -0.3 is 0 Å². The third-order valence-corrected chi connectivity index (χ3v) is 2.77. The van der Waals surface area contributed by atoms with Crippen LogP contribution in [0.25, 0.3) is 0 Å². The first-order valence-electron chi connectivity index (χ1n) is 5.26. The molecule has 0 aromatic heterocycles. The summed E-state index contributed by atoms with van der Waals surface area (Å²) in [6.07, 6.45) is 0.904. The van der Waals surface area contributed by atoms with Gasteiger partial charge in [-0.15, -0.1) is 5.92 Å². The SMILES string of the molecule is CC#CCNC(CC)c1cc(F)cc(Br)c1. The van der Waals surface area contributed by atoms with Gasteiger partial charge in [-0.25, -0.2) is 4.39 Å². The fourth-order valence-electron chi connectivity index (χ4n) is 1.54. The summed E-state index contributed by atoms with van der Waals surface area (Å²) in [7, 11) is 0. The second kappa shape index (κ2) is 6.67. The maximum atomic E-state index is 13.2. The van der Waals surface area contributed by atoms with Crippen LogP contribution < -0.4 is 5.32 Å². The third kappa shape index (κ3) is 3.96. The molecular formula is C13H15BrFN. The molecular weight excluding hydrogens is 269 g/mol. The van der Waals surface area contributed by atoms with E-state index >= 15 is 0 Å². The fraction of sp³-hybridized carbons (Fsp3) is 0.385. The maximum absolute atomic E-state index is 13.2. The molecule has 0 aliphatic carbocycles. The van der Waals surface area contributed by atoms with E-state index in [0.717, 1.165) is 16.5 Å². The summed E-state index contributed by atoms with van der Waals surface area (Å²) in [4.78, 5) is 0. The van der Waals surface area contributed by atoms with Crippen molar-refractivity contribution in [2.75, 3.05) is 6.54 Å². The van der Waals surface area contributed by atoms with E-state index in [4.69, 9.17) is 0 Å². The lowest BCUT2D eigenvalue weighted by atomic mass is 10.0. The molecule has 0 aliphatic rings. The zero-order valence-electron chi connectivity index (χ0n) is 9.48. The first-order valence-corrected chi connectivity index (χ1v) is 6.05. The molecule has 1 aromatic carbocycles. The van der Waals surface area contributed by atoms with Crippen LogP contribution in [-0.4, -0.2) is 6.54 Å². The summed E-state index contributed by atoms with van der Waals surface area (Å²) in [6.45, 7) is 4.50. The van der Waals surface area contributed by atoms with Crippen molar-refractivity contribution in [2.45, 2.75) is 26.3 Å². The molecule has 0 bridgehead atoms. The number of halogens is 2. The summed E-state index contributed by atoms with van der Waals surface area (Å²) >= 11 is 3.30. The van der Waals surface area contributed by atoms with Crippen LogP contribution in [0.5, 0.6) is 0 Å². The summed E-state index contributed by atoms with van der Waals surface area (Å²) in [6, 6.07) is 5.10. The molecule has 0 aliphatic heterocycles. The van der Waals surface area contributed by atoms with E-state index in [1.54, 1.807) is 13.0 Å². The van der Waals surface area contributed by atoms with Crippen LogP contribution in [0.4, 0.5) is 4.39 Å². The highest BCUT2D eigenvalue weighted by Crippen LogP contribution is 2.22. The van der Waals surface area contributed by atoms with Gasteiger partial charge in [-0.05, 0) is 37.1 Å². The Bertz CT molecular complexity index is 386. The van der Waals surface area contributed by atoms with Gasteiger partial charge in [0.2, 0.25) is 0 Å². The van der Waals surface area contributed by atoms with Crippen molar-refractivity contribution in [3.63, 3.8) is 0 Å². The van der Waals surface area contributed by atoms with E-state index < -0.39 is 0 Å². The van der Waals surface area contributed by atoms with Gasteiger partial charge in [0.25, 0.3) is 0 Å². The summed E-state index contributed by atoms with van der Waals surface area (Å²) < 4.78 is 14.0. The predicted octanol–water partition coefficient (Wildman–Crippen LogP) is 3.65. The molecule has 3 heteroatoms. The lowest BCUT2D eigenvalue weighted by molar-refractivity contribution is 0.547. The Hall–Kier alpha value is -0.850. The zero-order chi connectivity index (χ0) is 12.0. The second-order valence-corrected chi connectivity index (χ2v) is 4.39. The van der Waals surface area contributed by atoms with Crippen molar-refractivity contribution in [1.29, 1.82) is 0 Å². The van der Waals surface area contributed by atoms with E-state index in [1.807, 2.05) is 6.07 Å². The van der Waals surface area contributed by atoms with Crippen molar-refractivity contribution in [1.82, 2.24) is 5.32 Å². The molecule has 0 saturated heterocycles. The molecule has 0 heterocycles. The van der Waals surface area contributed by atoms with Gasteiger partial charge in [0.1, 0.15) is 5.82 Å². The standard InChI is InChI=1S/C13H15BrFN/c1-3-5-6-16-13(4-2)10-7-11(14)9-12(15)8-10/h7-9,13,16H,4,6H2,1-2H3. The minimum Gasteiger partial charge on any atom is -0.299 e. The smallest absolute Gasteiger partial charge is 0.124 e. The predicted molar refractivity (Wildman–Crippen MR) is 68.6 cm³/mol. The van der Waals surface area contributed by atoms with Crippen molar-refractivity contribution >= 4 is 15.9 Å². The monoisotopic (exact) mass is 283 g/mol. The highest BCUT2D eigenvalue weighted by atomic mass is 79.9. The van der Waals surface area contributed by atoms with Gasteiger partial charge in [0, 0.05) is 10.5 Å². The Morgan fingerprint density at radius 2 is 2.19 bits per heavy atom. The van der Waals surface area contributed by atoms with Crippen LogP contribution in [0.1, 0.15) is 31.9 Å². The quantitative estimate of drug-likeness (QED) is 0.832. The topological polar surface area (TPSA) is 12.0 Å². The molecule has 1 aromatic rings. The van der Waals surface area contributed by atoms with Crippen molar-refractivity contribution in [3.8, 4) is 11.8 Å². The van der Waals surface area contributed by atoms with E-state index in [0.29, 0.717) is 6.54 Å². The normalized spacial score (nSPS) is 11.8. The second-order valence-electron chi connectivity index (χ2n) is 3.47. The van der Waals surface area contributed by atoms with Crippen molar-refractivity contribution in [2.24, 2.45) is 0 Å². The molecule has 1 unspecified atom stereocenters. The van der Waals surface area contributed by atoms with Gasteiger partial charge in [-0.1, -0.05) is 28.8 Å². The van der Waals surface area contributed by atoms with Crippen LogP contribution in [0.3, 0.4) is 0 Å². The lowest BCUT2D eigenvalue weighted by Crippen LogP contribution is -2.21. The molecule has 0 spiro atoms. The van der Waals surface area contributed by atoms with Gasteiger partial charge in [-0.2, -0.15) is 0 Å². The minimum absolute atomic E-state index is 0.146. The zero-order valence-corrected chi connectivity index (χ0v) is 11.1. The highest BCUT2D eigenvalue weighted by Gasteiger charge is 2.09. The molecule has 0 saturated carbocycles. The molecule has 1 atom stereocenters. The van der Waals surface area contributed by atoms with Crippen LogP contribution in [0, 0.1) is 17.7 Å². The van der Waals surface area contributed by atoms with Crippen LogP contribution in [0.15, 0.2) is 22.7 Å². The number of nitrogens with one attached hydrogen (secondary N) is 1. The van der Waals surface area contributed by atoms with E-state index in [-0.39, 0.29) is 11.9 Å². The summed E-state index contributed by atoms with van der Waals surface area (Å²) in [5.41, 5.74) is 0.951. The summed E-state index contributed by atoms with van der Waals surface area (Å²) in [5, 5.41) is 3.28. The molecule has 0 amide bonds. The molecule has 86 valence electrons. The van der Waals surface area contributed by atoms with Gasteiger partial charge in [0.05, 0.1) is 6.54 Å². The highest BCUT2D eigenvalue weighted by molar-refractivity contribution is 9.10. The number of hydrogen-bond donors (Lipinski definition) is 1. The Kier molecular flexibility index (Phi) is 5.51. The average Bonchev–Trinajstić information content (AvgIpc) is 2.23. The van der Waals surface area contributed by atoms with Crippen LogP contribution in [-0.2, 0) is 0 Å². The van der Waals surface area contributed by atoms with E-state index in [1.165, 1.54) is 6.07 Å². The molecule has 0 radical (unpaired) electrons. The Balaban J connectivity index is 2.80. The van der Waals surface area contributed by atoms with Crippen molar-refractivity contribution < 1.29 is 4.39 Å². The minimum atomic E-state index is -0.216. The van der Waals surface area contributed by atoms with E-state index in [2.05, 4.69) is 40.0 Å². The number of hydrogen-bond acceptors (Lipinski definition) is 1. The Morgan fingerprint density at radius 3 is 2.75 bits per heavy atom. The van der Waals surface area contributed by atoms with E-state index in [9.17, 15) is 4.39 Å². The number of rotatable bonds is 4. The lowest BCUT2D eigenvalue weighted by Gasteiger charge is -2.16. The number of benzene rings is 1. The molecule has 0 fully saturated rings. The molecule has 1 rings (SSSR count). The third-order valence-electron chi connectivity index (χ3n) is 2.31. The van der Waals surface area contributed by atoms with Crippen molar-refractivity contribution in [3.05, 3.63) is 34.1 Å². The summed E-state index contributed by atoms with van der Waals surface area (Å²) in [5.74, 6) is 5.55. The Labute approximate surface area is 105 Å². The largest absolute Gasteiger partial charge is 0.299 e. The molecule has 1 N–H and O–H groups in total. The van der Waals surface area contributed by atoms with Gasteiger partial charge >= 0.3 is 0 Å². The first kappa shape index (κ1) is 13.2. The van der Waals surface area contributed by atoms with Gasteiger partial charge in [-0.3, -0.25) is 5.32 Å². The molecule has 1 nitrogen and oxygen atoms in total.